The molecule has 2 fully saturated rings. The molecule has 2 aromatic heterocycles. The van der Waals surface area contributed by atoms with Gasteiger partial charge in [-0.05, 0) is 74.2 Å². The molecule has 4 aromatic rings. The van der Waals surface area contributed by atoms with Crippen LogP contribution >= 0.6 is 0 Å². The lowest BCUT2D eigenvalue weighted by molar-refractivity contribution is 0.0766. The van der Waals surface area contributed by atoms with Crippen molar-refractivity contribution in [1.29, 1.82) is 0 Å². The monoisotopic (exact) mass is 550 g/mol. The zero-order chi connectivity index (χ0) is 28.1. The Hall–Kier alpha value is -3.75. The first-order chi connectivity index (χ1) is 19.9. The van der Waals surface area contributed by atoms with Gasteiger partial charge < -0.3 is 24.4 Å². The van der Waals surface area contributed by atoms with Crippen LogP contribution in [0.1, 0.15) is 34.3 Å². The second-order valence-corrected chi connectivity index (χ2v) is 12.1. The topological polar surface area (TPSA) is 77.6 Å². The summed E-state index contributed by atoms with van der Waals surface area (Å²) in [7, 11) is 4.10. The fraction of sp³-hybridized carbons (Fsp3) is 0.424. The lowest BCUT2D eigenvalue weighted by Crippen LogP contribution is -2.54. The third-order valence-electron chi connectivity index (χ3n) is 9.12. The molecule has 0 radical (unpaired) electrons. The number of amides is 1. The Labute approximate surface area is 241 Å². The van der Waals surface area contributed by atoms with E-state index in [-0.39, 0.29) is 5.91 Å². The molecule has 0 aliphatic carbocycles. The maximum Gasteiger partial charge on any atom is 0.253 e. The van der Waals surface area contributed by atoms with E-state index in [4.69, 9.17) is 14.7 Å². The number of aromatic nitrogens is 3. The van der Waals surface area contributed by atoms with E-state index in [0.29, 0.717) is 17.5 Å². The Morgan fingerprint density at radius 1 is 1.15 bits per heavy atom. The van der Waals surface area contributed by atoms with Crippen molar-refractivity contribution in [2.24, 2.45) is 5.92 Å². The van der Waals surface area contributed by atoms with Crippen molar-refractivity contribution >= 4 is 22.8 Å². The molecule has 1 amide bonds. The van der Waals surface area contributed by atoms with Crippen LogP contribution in [-0.4, -0.2) is 90.2 Å². The van der Waals surface area contributed by atoms with Gasteiger partial charge in [-0.3, -0.25) is 4.79 Å². The zero-order valence-corrected chi connectivity index (χ0v) is 24.2. The summed E-state index contributed by atoms with van der Waals surface area (Å²) in [5, 5.41) is 0. The number of aromatic amines is 1. The standard InChI is InChI=1S/C33H38N6O2/c1-21-14-26(15-25-8-9-27-19-37(2)11-12-39(27)31(21)25)29-17-35-32-30(36-29)28(16-34-32)23-4-6-24(7-5-23)33(40)38(3)18-22-10-13-41-20-22/h4-7,14-17,22,27H,8-13,18-20H2,1-3H3,(H,34,35)/t22-,27+/m0/s1. The second kappa shape index (κ2) is 10.6. The van der Waals surface area contributed by atoms with E-state index >= 15 is 0 Å². The summed E-state index contributed by atoms with van der Waals surface area (Å²) in [6, 6.07) is 13.0. The molecule has 212 valence electrons. The first kappa shape index (κ1) is 26.2. The molecule has 0 spiro atoms. The molecule has 0 bridgehead atoms. The number of carbonyl (C=O) groups excluding carboxylic acids is 1. The first-order valence-electron chi connectivity index (χ1n) is 14.8. The number of hydrogen-bond acceptors (Lipinski definition) is 6. The molecule has 3 aliphatic rings. The second-order valence-electron chi connectivity index (χ2n) is 12.1. The van der Waals surface area contributed by atoms with Crippen molar-refractivity contribution in [2.45, 2.75) is 32.2 Å². The summed E-state index contributed by atoms with van der Waals surface area (Å²) in [4.78, 5) is 33.0. The Morgan fingerprint density at radius 2 is 2.00 bits per heavy atom. The molecular formula is C33H38N6O2. The van der Waals surface area contributed by atoms with Gasteiger partial charge in [0.1, 0.15) is 5.52 Å². The number of nitrogens with zero attached hydrogens (tertiary/aromatic N) is 5. The predicted octanol–water partition coefficient (Wildman–Crippen LogP) is 4.78. The minimum atomic E-state index is 0.0372. The van der Waals surface area contributed by atoms with Crippen LogP contribution < -0.4 is 4.90 Å². The highest BCUT2D eigenvalue weighted by atomic mass is 16.5. The average molecular weight is 551 g/mol. The van der Waals surface area contributed by atoms with Crippen LogP contribution in [0.3, 0.4) is 0 Å². The van der Waals surface area contributed by atoms with Crippen LogP contribution in [0.25, 0.3) is 33.5 Å². The molecule has 3 aliphatic heterocycles. The number of benzene rings is 2. The van der Waals surface area contributed by atoms with E-state index in [9.17, 15) is 4.79 Å². The van der Waals surface area contributed by atoms with Gasteiger partial charge in [0.05, 0.1) is 18.5 Å². The predicted molar refractivity (Wildman–Crippen MR) is 162 cm³/mol. The summed E-state index contributed by atoms with van der Waals surface area (Å²) < 4.78 is 5.47. The number of anilines is 1. The Balaban J connectivity index is 1.15. The highest BCUT2D eigenvalue weighted by Gasteiger charge is 2.32. The van der Waals surface area contributed by atoms with Gasteiger partial charge >= 0.3 is 0 Å². The number of hydrogen-bond donors (Lipinski definition) is 1. The van der Waals surface area contributed by atoms with Crippen LogP contribution in [-0.2, 0) is 11.2 Å². The van der Waals surface area contributed by atoms with E-state index in [2.05, 4.69) is 40.9 Å². The van der Waals surface area contributed by atoms with Crippen molar-refractivity contribution in [3.8, 4) is 22.4 Å². The normalized spacial score (nSPS) is 20.7. The summed E-state index contributed by atoms with van der Waals surface area (Å²) in [5.74, 6) is 0.458. The number of carbonyl (C=O) groups is 1. The van der Waals surface area contributed by atoms with Crippen LogP contribution in [0.5, 0.6) is 0 Å². The zero-order valence-electron chi connectivity index (χ0n) is 24.2. The number of aryl methyl sites for hydroxylation is 2. The smallest absolute Gasteiger partial charge is 0.253 e. The van der Waals surface area contributed by atoms with Crippen LogP contribution in [0.4, 0.5) is 5.69 Å². The summed E-state index contributed by atoms with van der Waals surface area (Å²) in [5.41, 5.74) is 10.4. The van der Waals surface area contributed by atoms with Gasteiger partial charge in [0.2, 0.25) is 0 Å². The summed E-state index contributed by atoms with van der Waals surface area (Å²) in [6.07, 6.45) is 7.14. The quantitative estimate of drug-likeness (QED) is 0.386. The maximum absolute atomic E-state index is 13.0. The van der Waals surface area contributed by atoms with Gasteiger partial charge in [-0.2, -0.15) is 0 Å². The molecule has 2 aromatic carbocycles. The van der Waals surface area contributed by atoms with E-state index < -0.39 is 0 Å². The molecule has 0 unspecified atom stereocenters. The highest BCUT2D eigenvalue weighted by molar-refractivity contribution is 5.96. The largest absolute Gasteiger partial charge is 0.381 e. The Bertz CT molecular complexity index is 1590. The molecule has 8 nitrogen and oxygen atoms in total. The molecule has 2 atom stereocenters. The molecule has 0 saturated carbocycles. The molecule has 41 heavy (non-hydrogen) atoms. The van der Waals surface area contributed by atoms with Gasteiger partial charge in [-0.1, -0.05) is 12.1 Å². The molecule has 7 rings (SSSR count). The van der Waals surface area contributed by atoms with E-state index in [0.717, 1.165) is 85.8 Å². The molecule has 1 N–H and O–H groups in total. The van der Waals surface area contributed by atoms with Gasteiger partial charge in [0.25, 0.3) is 5.91 Å². The van der Waals surface area contributed by atoms with Gasteiger partial charge in [-0.15, -0.1) is 0 Å². The number of likely N-dealkylation sites (N-methyl/N-ethyl adjacent to an activating group) is 1. The van der Waals surface area contributed by atoms with Crippen LogP contribution in [0, 0.1) is 12.8 Å². The van der Waals surface area contributed by atoms with Crippen LogP contribution in [0.2, 0.25) is 0 Å². The van der Waals surface area contributed by atoms with Crippen LogP contribution in [0.15, 0.2) is 48.8 Å². The van der Waals surface area contributed by atoms with Crippen molar-refractivity contribution < 1.29 is 9.53 Å². The molecule has 5 heterocycles. The van der Waals surface area contributed by atoms with E-state index in [1.807, 2.05) is 48.6 Å². The number of fused-ring (bicyclic) bond motifs is 4. The van der Waals surface area contributed by atoms with E-state index in [1.54, 1.807) is 0 Å². The molecule has 2 saturated heterocycles. The molecular weight excluding hydrogens is 512 g/mol. The fourth-order valence-corrected chi connectivity index (χ4v) is 6.94. The van der Waals surface area contributed by atoms with Crippen molar-refractivity contribution in [3.05, 3.63) is 65.5 Å². The third-order valence-corrected chi connectivity index (χ3v) is 9.12. The van der Waals surface area contributed by atoms with Crippen molar-refractivity contribution in [1.82, 2.24) is 24.8 Å². The van der Waals surface area contributed by atoms with Crippen molar-refractivity contribution in [2.75, 3.05) is 58.4 Å². The number of ether oxygens (including phenoxy) is 1. The Kier molecular flexibility index (Phi) is 6.75. The van der Waals surface area contributed by atoms with Gasteiger partial charge in [0.15, 0.2) is 5.65 Å². The SMILES string of the molecule is Cc1cc(-c2cnc3[nH]cc(-c4ccc(C(=O)N(C)C[C@@H]5CCOC5)cc4)c3n2)cc2c1N1CCN(C)C[C@H]1CC2. The van der Waals surface area contributed by atoms with Gasteiger partial charge in [-0.25, -0.2) is 9.97 Å². The van der Waals surface area contributed by atoms with Crippen molar-refractivity contribution in [3.63, 3.8) is 0 Å². The molecule has 8 heteroatoms. The fourth-order valence-electron chi connectivity index (χ4n) is 6.94. The summed E-state index contributed by atoms with van der Waals surface area (Å²) in [6.45, 7) is 7.82. The lowest BCUT2D eigenvalue weighted by Gasteiger charge is -2.46. The minimum absolute atomic E-state index is 0.0372. The summed E-state index contributed by atoms with van der Waals surface area (Å²) >= 11 is 0. The third kappa shape index (κ3) is 4.89. The highest BCUT2D eigenvalue weighted by Crippen LogP contribution is 2.38. The maximum atomic E-state index is 13.0. The average Bonchev–Trinajstić information content (AvgIpc) is 3.66. The number of H-pyrrole nitrogens is 1. The number of piperazine rings is 1. The minimum Gasteiger partial charge on any atom is -0.381 e. The Morgan fingerprint density at radius 3 is 2.80 bits per heavy atom. The van der Waals surface area contributed by atoms with Gasteiger partial charge in [0, 0.05) is 80.4 Å². The lowest BCUT2D eigenvalue weighted by atomic mass is 9.89. The first-order valence-corrected chi connectivity index (χ1v) is 14.8. The number of nitrogens with one attached hydrogen (secondary N) is 1. The van der Waals surface area contributed by atoms with E-state index in [1.165, 1.54) is 23.2 Å². The number of rotatable bonds is 5.